The molecule has 0 bridgehead atoms. The summed E-state index contributed by atoms with van der Waals surface area (Å²) in [5, 5.41) is 8.30. The quantitative estimate of drug-likeness (QED) is 0.564. The Bertz CT molecular complexity index is 138. The molecular weight excluding hydrogens is 118 g/mol. The van der Waals surface area contributed by atoms with Gasteiger partial charge >= 0.3 is 5.97 Å². The fourth-order valence-corrected chi connectivity index (χ4v) is 0.443. The Morgan fingerprint density at radius 1 is 1.56 bits per heavy atom. The maximum absolute atomic E-state index is 10.1. The number of carboxylic acids is 1. The van der Waals surface area contributed by atoms with E-state index in [2.05, 4.69) is 4.99 Å². The highest BCUT2D eigenvalue weighted by Crippen LogP contribution is 1.87. The third-order valence-electron chi connectivity index (χ3n) is 0.761. The highest BCUT2D eigenvalue weighted by Gasteiger charge is 2.00. The molecule has 3 heteroatoms. The highest BCUT2D eigenvalue weighted by atomic mass is 16.4. The van der Waals surface area contributed by atoms with Crippen LogP contribution in [0.5, 0.6) is 0 Å². The number of carboxylic acid groups (broad SMARTS) is 1. The highest BCUT2D eigenvalue weighted by molar-refractivity contribution is 6.34. The molecule has 0 fully saturated rings. The molecule has 0 spiro atoms. The van der Waals surface area contributed by atoms with Crippen molar-refractivity contribution in [2.24, 2.45) is 4.99 Å². The second kappa shape index (κ2) is 3.22. The molecule has 3 nitrogen and oxygen atoms in total. The van der Waals surface area contributed by atoms with E-state index < -0.39 is 5.97 Å². The van der Waals surface area contributed by atoms with Crippen LogP contribution in [0.25, 0.3) is 0 Å². The normalized spacial score (nSPS) is 12.2. The number of aliphatic carboxylic acids is 1. The first-order valence-corrected chi connectivity index (χ1v) is 2.81. The average Bonchev–Trinajstić information content (AvgIpc) is 1.63. The molecule has 0 heterocycles. The Hall–Kier alpha value is -0.860. The predicted molar refractivity (Wildman–Crippen MR) is 35.9 cm³/mol. The van der Waals surface area contributed by atoms with Gasteiger partial charge in [0.2, 0.25) is 0 Å². The molecular formula is C6H11NO2. The van der Waals surface area contributed by atoms with Crippen molar-refractivity contribution in [1.82, 2.24) is 0 Å². The van der Waals surface area contributed by atoms with Crippen LogP contribution in [0.2, 0.25) is 0 Å². The van der Waals surface area contributed by atoms with Gasteiger partial charge in [-0.25, -0.2) is 4.79 Å². The molecule has 0 rings (SSSR count). The molecule has 0 unspecified atom stereocenters. The molecule has 52 valence electrons. The zero-order valence-electron chi connectivity index (χ0n) is 5.88. The van der Waals surface area contributed by atoms with Crippen molar-refractivity contribution < 1.29 is 9.90 Å². The smallest absolute Gasteiger partial charge is 0.349 e. The number of nitrogens with zero attached hydrogens (tertiary/aromatic N) is 1. The number of aliphatic imine (C=N–C) groups is 1. The first kappa shape index (κ1) is 8.14. The van der Waals surface area contributed by atoms with E-state index in [9.17, 15) is 4.79 Å². The Morgan fingerprint density at radius 3 is 2.11 bits per heavy atom. The summed E-state index contributed by atoms with van der Waals surface area (Å²) in [5.41, 5.74) is 0.171. The Labute approximate surface area is 54.4 Å². The summed E-state index contributed by atoms with van der Waals surface area (Å²) >= 11 is 0. The van der Waals surface area contributed by atoms with Crippen LogP contribution in [0.1, 0.15) is 20.8 Å². The van der Waals surface area contributed by atoms with Crippen molar-refractivity contribution in [2.45, 2.75) is 26.8 Å². The Balaban J connectivity index is 4.00. The van der Waals surface area contributed by atoms with E-state index in [-0.39, 0.29) is 11.8 Å². The molecule has 0 aliphatic carbocycles. The van der Waals surface area contributed by atoms with Gasteiger partial charge in [-0.2, -0.15) is 0 Å². The lowest BCUT2D eigenvalue weighted by atomic mass is 10.4. The minimum Gasteiger partial charge on any atom is -0.477 e. The topological polar surface area (TPSA) is 49.7 Å². The molecule has 0 aliphatic rings. The summed E-state index contributed by atoms with van der Waals surface area (Å²) in [6, 6.07) is 0.0705. The van der Waals surface area contributed by atoms with Gasteiger partial charge in [0.25, 0.3) is 0 Å². The van der Waals surface area contributed by atoms with Crippen LogP contribution in [0.15, 0.2) is 4.99 Å². The number of hydrogen-bond acceptors (Lipinski definition) is 2. The fraction of sp³-hybridized carbons (Fsp3) is 0.667. The molecule has 0 aliphatic heterocycles. The van der Waals surface area contributed by atoms with Crippen LogP contribution in [-0.4, -0.2) is 22.8 Å². The molecule has 9 heavy (non-hydrogen) atoms. The van der Waals surface area contributed by atoms with E-state index in [4.69, 9.17) is 5.11 Å². The maximum atomic E-state index is 10.1. The third kappa shape index (κ3) is 3.70. The van der Waals surface area contributed by atoms with Gasteiger partial charge in [-0.3, -0.25) is 4.99 Å². The largest absolute Gasteiger partial charge is 0.477 e. The Kier molecular flexibility index (Phi) is 2.91. The zero-order valence-corrected chi connectivity index (χ0v) is 5.88. The molecule has 0 saturated carbocycles. The summed E-state index contributed by atoms with van der Waals surface area (Å²) in [4.78, 5) is 13.9. The summed E-state index contributed by atoms with van der Waals surface area (Å²) in [7, 11) is 0. The van der Waals surface area contributed by atoms with Crippen LogP contribution >= 0.6 is 0 Å². The lowest BCUT2D eigenvalue weighted by Gasteiger charge is -1.95. The SMILES string of the molecule is CC(=NC(C)C)C(=O)O. The van der Waals surface area contributed by atoms with Crippen LogP contribution in [-0.2, 0) is 4.79 Å². The standard InChI is InChI=1S/C6H11NO2/c1-4(2)7-5(3)6(8)9/h4H,1-3H3,(H,8,9). The monoisotopic (exact) mass is 129 g/mol. The van der Waals surface area contributed by atoms with Crippen LogP contribution < -0.4 is 0 Å². The van der Waals surface area contributed by atoms with E-state index in [0.29, 0.717) is 0 Å². The lowest BCUT2D eigenvalue weighted by molar-refractivity contribution is -0.129. The van der Waals surface area contributed by atoms with Gasteiger partial charge in [0.05, 0.1) is 0 Å². The van der Waals surface area contributed by atoms with E-state index in [1.54, 1.807) is 0 Å². The molecule has 0 aromatic carbocycles. The van der Waals surface area contributed by atoms with Crippen LogP contribution in [0.3, 0.4) is 0 Å². The molecule has 0 aromatic rings. The Morgan fingerprint density at radius 2 is 2.00 bits per heavy atom. The van der Waals surface area contributed by atoms with Crippen LogP contribution in [0, 0.1) is 0 Å². The van der Waals surface area contributed by atoms with E-state index >= 15 is 0 Å². The lowest BCUT2D eigenvalue weighted by Crippen LogP contribution is -2.10. The molecule has 0 saturated heterocycles. The van der Waals surface area contributed by atoms with Crippen molar-refractivity contribution in [3.8, 4) is 0 Å². The average molecular weight is 129 g/mol. The summed E-state index contributed by atoms with van der Waals surface area (Å²) < 4.78 is 0. The zero-order chi connectivity index (χ0) is 7.44. The predicted octanol–water partition coefficient (Wildman–Crippen LogP) is 0.940. The van der Waals surface area contributed by atoms with E-state index in [1.165, 1.54) is 6.92 Å². The van der Waals surface area contributed by atoms with Gasteiger partial charge < -0.3 is 5.11 Å². The van der Waals surface area contributed by atoms with E-state index in [0.717, 1.165) is 0 Å². The van der Waals surface area contributed by atoms with Gasteiger partial charge in [-0.15, -0.1) is 0 Å². The minimum absolute atomic E-state index is 0.0705. The van der Waals surface area contributed by atoms with Gasteiger partial charge in [-0.1, -0.05) is 0 Å². The molecule has 1 N–H and O–H groups in total. The second-order valence-corrected chi connectivity index (χ2v) is 2.11. The molecule has 0 atom stereocenters. The molecule has 0 amide bonds. The third-order valence-corrected chi connectivity index (χ3v) is 0.761. The van der Waals surface area contributed by atoms with Crippen molar-refractivity contribution in [3.63, 3.8) is 0 Å². The van der Waals surface area contributed by atoms with Crippen LogP contribution in [0.4, 0.5) is 0 Å². The minimum atomic E-state index is -0.941. The second-order valence-electron chi connectivity index (χ2n) is 2.11. The van der Waals surface area contributed by atoms with Gasteiger partial charge in [0, 0.05) is 6.04 Å². The first-order chi connectivity index (χ1) is 4.04. The summed E-state index contributed by atoms with van der Waals surface area (Å²) in [5.74, 6) is -0.941. The van der Waals surface area contributed by atoms with Crippen molar-refractivity contribution in [3.05, 3.63) is 0 Å². The molecule has 0 radical (unpaired) electrons. The number of hydrogen-bond donors (Lipinski definition) is 1. The molecule has 0 aromatic heterocycles. The number of carbonyl (C=O) groups is 1. The number of rotatable bonds is 2. The van der Waals surface area contributed by atoms with Gasteiger partial charge in [0.15, 0.2) is 0 Å². The van der Waals surface area contributed by atoms with Gasteiger partial charge in [0.1, 0.15) is 5.71 Å². The van der Waals surface area contributed by atoms with Gasteiger partial charge in [-0.05, 0) is 20.8 Å². The van der Waals surface area contributed by atoms with Crippen molar-refractivity contribution in [2.75, 3.05) is 0 Å². The van der Waals surface area contributed by atoms with Crippen molar-refractivity contribution in [1.29, 1.82) is 0 Å². The summed E-state index contributed by atoms with van der Waals surface area (Å²) in [6.45, 7) is 5.17. The van der Waals surface area contributed by atoms with E-state index in [1.807, 2.05) is 13.8 Å². The first-order valence-electron chi connectivity index (χ1n) is 2.81. The van der Waals surface area contributed by atoms with Crippen molar-refractivity contribution >= 4 is 11.7 Å². The summed E-state index contributed by atoms with van der Waals surface area (Å²) in [6.07, 6.45) is 0. The fourth-order valence-electron chi connectivity index (χ4n) is 0.443. The maximum Gasteiger partial charge on any atom is 0.349 e.